The van der Waals surface area contributed by atoms with Crippen LogP contribution in [-0.2, 0) is 10.8 Å². The minimum Gasteiger partial charge on any atom is -0.346 e. The summed E-state index contributed by atoms with van der Waals surface area (Å²) in [6, 6.07) is 9.74. The summed E-state index contributed by atoms with van der Waals surface area (Å²) in [6.07, 6.45) is 0. The molecule has 1 aromatic carbocycles. The number of hydrogen-bond donors (Lipinski definition) is 0. The number of hydrogen-bond acceptors (Lipinski definition) is 5. The lowest BCUT2D eigenvalue weighted by molar-refractivity contribution is 0.272. The van der Waals surface area contributed by atoms with Crippen LogP contribution in [0.4, 0.5) is 5.13 Å². The molecule has 0 bridgehead atoms. The Labute approximate surface area is 138 Å². The van der Waals surface area contributed by atoms with E-state index in [1.807, 2.05) is 37.3 Å². The minimum absolute atomic E-state index is 0.709. The number of thiazole rings is 1. The third-order valence-electron chi connectivity index (χ3n) is 3.85. The molecular formula is C16H21N3OS2. The van der Waals surface area contributed by atoms with Crippen molar-refractivity contribution < 1.29 is 4.21 Å². The van der Waals surface area contributed by atoms with Crippen LogP contribution in [0.1, 0.15) is 5.69 Å². The van der Waals surface area contributed by atoms with Crippen molar-refractivity contribution >= 4 is 27.3 Å². The molecule has 0 amide bonds. The molecule has 118 valence electrons. The molecule has 6 heteroatoms. The third kappa shape index (κ3) is 3.94. The van der Waals surface area contributed by atoms with Crippen LogP contribution < -0.4 is 4.90 Å². The predicted octanol–water partition coefficient (Wildman–Crippen LogP) is 2.38. The first-order valence-corrected chi connectivity index (χ1v) is 9.75. The molecule has 1 aromatic heterocycles. The van der Waals surface area contributed by atoms with E-state index in [0.717, 1.165) is 48.4 Å². The highest BCUT2D eigenvalue weighted by Gasteiger charge is 2.19. The largest absolute Gasteiger partial charge is 0.346 e. The van der Waals surface area contributed by atoms with Crippen LogP contribution in [0.2, 0.25) is 0 Å². The van der Waals surface area contributed by atoms with Gasteiger partial charge in [-0.05, 0) is 19.1 Å². The molecule has 1 saturated heterocycles. The third-order valence-corrected chi connectivity index (χ3v) is 6.22. The zero-order chi connectivity index (χ0) is 15.4. The SMILES string of the molecule is Cc1csc(N2CCN(CC[S@@](=O)c3ccccc3)CC2)n1. The highest BCUT2D eigenvalue weighted by molar-refractivity contribution is 7.85. The maximum atomic E-state index is 12.2. The minimum atomic E-state index is -0.892. The summed E-state index contributed by atoms with van der Waals surface area (Å²) < 4.78 is 12.2. The van der Waals surface area contributed by atoms with Gasteiger partial charge in [0.15, 0.2) is 5.13 Å². The molecule has 0 N–H and O–H groups in total. The van der Waals surface area contributed by atoms with Crippen molar-refractivity contribution in [3.8, 4) is 0 Å². The fourth-order valence-corrected chi connectivity index (χ4v) is 4.53. The quantitative estimate of drug-likeness (QED) is 0.841. The smallest absolute Gasteiger partial charge is 0.185 e. The first kappa shape index (κ1) is 15.6. The summed E-state index contributed by atoms with van der Waals surface area (Å²) in [5.74, 6) is 0.709. The van der Waals surface area contributed by atoms with E-state index in [2.05, 4.69) is 20.2 Å². The van der Waals surface area contributed by atoms with Gasteiger partial charge in [-0.15, -0.1) is 11.3 Å². The lowest BCUT2D eigenvalue weighted by Crippen LogP contribution is -2.47. The van der Waals surface area contributed by atoms with Gasteiger partial charge in [0.05, 0.1) is 16.5 Å². The Bertz CT molecular complexity index is 621. The monoisotopic (exact) mass is 335 g/mol. The van der Waals surface area contributed by atoms with Crippen LogP contribution >= 0.6 is 11.3 Å². The molecule has 0 unspecified atom stereocenters. The summed E-state index contributed by atoms with van der Waals surface area (Å²) in [4.78, 5) is 10.2. The topological polar surface area (TPSA) is 36.4 Å². The van der Waals surface area contributed by atoms with Gasteiger partial charge in [-0.25, -0.2) is 4.98 Å². The van der Waals surface area contributed by atoms with Crippen molar-refractivity contribution in [3.63, 3.8) is 0 Å². The van der Waals surface area contributed by atoms with Crippen LogP contribution in [0.25, 0.3) is 0 Å². The molecule has 0 spiro atoms. The maximum Gasteiger partial charge on any atom is 0.185 e. The molecule has 0 saturated carbocycles. The first-order valence-electron chi connectivity index (χ1n) is 7.55. The van der Waals surface area contributed by atoms with E-state index in [9.17, 15) is 4.21 Å². The fourth-order valence-electron chi connectivity index (χ4n) is 2.55. The van der Waals surface area contributed by atoms with E-state index in [0.29, 0.717) is 5.75 Å². The van der Waals surface area contributed by atoms with E-state index in [-0.39, 0.29) is 0 Å². The van der Waals surface area contributed by atoms with Crippen LogP contribution in [0.5, 0.6) is 0 Å². The second-order valence-corrected chi connectivity index (χ2v) is 7.87. The van der Waals surface area contributed by atoms with Gasteiger partial charge in [-0.2, -0.15) is 0 Å². The zero-order valence-corrected chi connectivity index (χ0v) is 14.4. The molecule has 3 rings (SSSR count). The number of nitrogens with zero attached hydrogens (tertiary/aromatic N) is 3. The molecule has 1 aliphatic rings. The van der Waals surface area contributed by atoms with Gasteiger partial charge in [0.1, 0.15) is 0 Å². The fraction of sp³-hybridized carbons (Fsp3) is 0.438. The van der Waals surface area contributed by atoms with Crippen molar-refractivity contribution in [2.45, 2.75) is 11.8 Å². The Hall–Kier alpha value is -1.24. The van der Waals surface area contributed by atoms with E-state index in [4.69, 9.17) is 0 Å². The maximum absolute atomic E-state index is 12.2. The van der Waals surface area contributed by atoms with Gasteiger partial charge in [0.2, 0.25) is 0 Å². The Morgan fingerprint density at radius 2 is 1.91 bits per heavy atom. The summed E-state index contributed by atoms with van der Waals surface area (Å²) in [6.45, 7) is 6.98. The number of piperazine rings is 1. The van der Waals surface area contributed by atoms with Gasteiger partial charge in [-0.1, -0.05) is 18.2 Å². The number of rotatable bonds is 5. The molecule has 1 aliphatic heterocycles. The lowest BCUT2D eigenvalue weighted by atomic mass is 10.3. The van der Waals surface area contributed by atoms with E-state index in [1.54, 1.807) is 11.3 Å². The number of aryl methyl sites for hydroxylation is 1. The first-order chi connectivity index (χ1) is 10.7. The van der Waals surface area contributed by atoms with Gasteiger partial charge in [-0.3, -0.25) is 9.11 Å². The molecule has 2 heterocycles. The lowest BCUT2D eigenvalue weighted by Gasteiger charge is -2.34. The number of anilines is 1. The average molecular weight is 335 g/mol. The number of benzene rings is 1. The average Bonchev–Trinajstić information content (AvgIpc) is 3.00. The van der Waals surface area contributed by atoms with Gasteiger partial charge < -0.3 is 4.90 Å². The predicted molar refractivity (Wildman–Crippen MR) is 93.2 cm³/mol. The van der Waals surface area contributed by atoms with Gasteiger partial charge >= 0.3 is 0 Å². The summed E-state index contributed by atoms with van der Waals surface area (Å²) in [5.41, 5.74) is 1.10. The molecule has 4 nitrogen and oxygen atoms in total. The van der Waals surface area contributed by atoms with Gasteiger partial charge in [0.25, 0.3) is 0 Å². The van der Waals surface area contributed by atoms with E-state index < -0.39 is 10.8 Å². The molecule has 0 radical (unpaired) electrons. The second-order valence-electron chi connectivity index (χ2n) is 5.46. The Morgan fingerprint density at radius 1 is 1.18 bits per heavy atom. The zero-order valence-electron chi connectivity index (χ0n) is 12.8. The molecule has 0 aliphatic carbocycles. The second kappa shape index (κ2) is 7.35. The molecule has 1 fully saturated rings. The van der Waals surface area contributed by atoms with E-state index in [1.165, 1.54) is 0 Å². The van der Waals surface area contributed by atoms with Crippen molar-refractivity contribution in [1.29, 1.82) is 0 Å². The molecule has 1 atom stereocenters. The summed E-state index contributed by atoms with van der Waals surface area (Å²) >= 11 is 1.72. The summed E-state index contributed by atoms with van der Waals surface area (Å²) in [5, 5.41) is 3.23. The highest BCUT2D eigenvalue weighted by Crippen LogP contribution is 2.21. The molecular weight excluding hydrogens is 314 g/mol. The molecule has 22 heavy (non-hydrogen) atoms. The van der Waals surface area contributed by atoms with Crippen LogP contribution in [0.15, 0.2) is 40.6 Å². The van der Waals surface area contributed by atoms with Crippen LogP contribution in [0, 0.1) is 6.92 Å². The van der Waals surface area contributed by atoms with Crippen molar-refractivity contribution in [3.05, 3.63) is 41.4 Å². The summed E-state index contributed by atoms with van der Waals surface area (Å²) in [7, 11) is -0.892. The molecule has 2 aromatic rings. The van der Waals surface area contributed by atoms with E-state index >= 15 is 0 Å². The van der Waals surface area contributed by atoms with Gasteiger partial charge in [0, 0.05) is 48.8 Å². The van der Waals surface area contributed by atoms with Crippen LogP contribution in [-0.4, -0.2) is 52.6 Å². The standard InChI is InChI=1S/C16H21N3OS2/c1-14-13-21-16(17-14)19-9-7-18(8-10-19)11-12-22(20)15-5-3-2-4-6-15/h2-6,13H,7-12H2,1H3/t22-/m1/s1. The number of aromatic nitrogens is 1. The Balaban J connectivity index is 1.45. The van der Waals surface area contributed by atoms with Crippen LogP contribution in [0.3, 0.4) is 0 Å². The highest BCUT2D eigenvalue weighted by atomic mass is 32.2. The Morgan fingerprint density at radius 3 is 2.55 bits per heavy atom. The van der Waals surface area contributed by atoms with Crippen molar-refractivity contribution in [1.82, 2.24) is 9.88 Å². The van der Waals surface area contributed by atoms with Crippen molar-refractivity contribution in [2.24, 2.45) is 0 Å². The van der Waals surface area contributed by atoms with Crippen molar-refractivity contribution in [2.75, 3.05) is 43.4 Å². The Kier molecular flexibility index (Phi) is 5.23. The normalized spacial score (nSPS) is 17.6.